The monoisotopic (exact) mass is 384 g/mol. The Bertz CT molecular complexity index is 893. The van der Waals surface area contributed by atoms with Gasteiger partial charge >= 0.3 is 0 Å². The molecule has 146 valence electrons. The maximum atomic E-state index is 12.0. The molecule has 0 heterocycles. The highest BCUT2D eigenvalue weighted by atomic mass is 16.6. The number of carbonyl (C=O) groups excluding carboxylic acids is 2. The molecule has 0 spiro atoms. The lowest BCUT2D eigenvalue weighted by Crippen LogP contribution is -2.22. The number of nitro groups is 1. The number of anilines is 1. The Morgan fingerprint density at radius 2 is 1.86 bits per heavy atom. The molecule has 0 atom stereocenters. The standard InChI is InChI=1S/C19H20N4O5/c1-13(10-18(24)20-15-4-3-5-16(12-15)23(26)27)21-22-19(25)11-14-6-8-17(28-2)9-7-14/h3-9,12H,10-11H2,1-2H3,(H,20,24)(H,22,25)/b21-13-. The highest BCUT2D eigenvalue weighted by Gasteiger charge is 2.10. The molecule has 0 aliphatic rings. The lowest BCUT2D eigenvalue weighted by molar-refractivity contribution is -0.384. The van der Waals surface area contributed by atoms with Gasteiger partial charge in [0.2, 0.25) is 11.8 Å². The molecule has 0 aliphatic heterocycles. The molecule has 28 heavy (non-hydrogen) atoms. The van der Waals surface area contributed by atoms with E-state index in [1.165, 1.54) is 18.2 Å². The lowest BCUT2D eigenvalue weighted by atomic mass is 10.1. The molecule has 0 fully saturated rings. The van der Waals surface area contributed by atoms with E-state index in [2.05, 4.69) is 15.8 Å². The second-order valence-corrected chi connectivity index (χ2v) is 5.94. The summed E-state index contributed by atoms with van der Waals surface area (Å²) in [5.41, 5.74) is 3.79. The Kier molecular flexibility index (Phi) is 7.21. The van der Waals surface area contributed by atoms with Crippen LogP contribution in [-0.4, -0.2) is 29.6 Å². The maximum absolute atomic E-state index is 12.0. The number of benzene rings is 2. The molecule has 0 saturated carbocycles. The number of hydrogen-bond acceptors (Lipinski definition) is 6. The van der Waals surface area contributed by atoms with E-state index in [4.69, 9.17) is 4.74 Å². The van der Waals surface area contributed by atoms with Crippen LogP contribution < -0.4 is 15.5 Å². The van der Waals surface area contributed by atoms with E-state index in [1.54, 1.807) is 44.4 Å². The second-order valence-electron chi connectivity index (χ2n) is 5.94. The van der Waals surface area contributed by atoms with Gasteiger partial charge in [0.1, 0.15) is 5.75 Å². The number of methoxy groups -OCH3 is 1. The van der Waals surface area contributed by atoms with Gasteiger partial charge in [-0.2, -0.15) is 5.10 Å². The van der Waals surface area contributed by atoms with Crippen LogP contribution >= 0.6 is 0 Å². The van der Waals surface area contributed by atoms with Gasteiger partial charge in [-0.05, 0) is 30.7 Å². The molecule has 2 rings (SSSR count). The van der Waals surface area contributed by atoms with Gasteiger partial charge in [0.05, 0.1) is 24.9 Å². The van der Waals surface area contributed by atoms with Crippen LogP contribution in [0, 0.1) is 10.1 Å². The zero-order valence-electron chi connectivity index (χ0n) is 15.5. The van der Waals surface area contributed by atoms with Crippen LogP contribution in [0.4, 0.5) is 11.4 Å². The van der Waals surface area contributed by atoms with E-state index >= 15 is 0 Å². The SMILES string of the molecule is COc1ccc(CC(=O)N/N=C(/C)CC(=O)Nc2cccc([N+](=O)[O-])c2)cc1. The minimum absolute atomic E-state index is 0.0640. The molecular formula is C19H20N4O5. The van der Waals surface area contributed by atoms with E-state index in [0.717, 1.165) is 5.56 Å². The van der Waals surface area contributed by atoms with E-state index in [0.29, 0.717) is 17.1 Å². The van der Waals surface area contributed by atoms with Gasteiger partial charge in [0.25, 0.3) is 5.69 Å². The van der Waals surface area contributed by atoms with Crippen molar-refractivity contribution in [3.63, 3.8) is 0 Å². The van der Waals surface area contributed by atoms with E-state index in [9.17, 15) is 19.7 Å². The van der Waals surface area contributed by atoms with Crippen LogP contribution in [0.5, 0.6) is 5.75 Å². The molecule has 0 unspecified atom stereocenters. The van der Waals surface area contributed by atoms with Crippen LogP contribution in [0.2, 0.25) is 0 Å². The number of nitro benzene ring substituents is 1. The molecule has 0 aromatic heterocycles. The summed E-state index contributed by atoms with van der Waals surface area (Å²) in [7, 11) is 1.56. The van der Waals surface area contributed by atoms with E-state index < -0.39 is 10.8 Å². The molecule has 2 aromatic carbocycles. The first kappa shape index (κ1) is 20.6. The van der Waals surface area contributed by atoms with Crippen LogP contribution in [-0.2, 0) is 16.0 Å². The van der Waals surface area contributed by atoms with Gasteiger partial charge < -0.3 is 10.1 Å². The van der Waals surface area contributed by atoms with Crippen molar-refractivity contribution in [1.29, 1.82) is 0 Å². The zero-order chi connectivity index (χ0) is 20.5. The van der Waals surface area contributed by atoms with Crippen molar-refractivity contribution in [3.8, 4) is 5.75 Å². The number of nitrogens with zero attached hydrogens (tertiary/aromatic N) is 2. The van der Waals surface area contributed by atoms with Gasteiger partial charge in [-0.3, -0.25) is 19.7 Å². The number of hydrogen-bond donors (Lipinski definition) is 2. The van der Waals surface area contributed by atoms with Crippen LogP contribution in [0.15, 0.2) is 53.6 Å². The van der Waals surface area contributed by atoms with Crippen molar-refractivity contribution < 1.29 is 19.2 Å². The molecule has 2 amide bonds. The van der Waals surface area contributed by atoms with Crippen molar-refractivity contribution in [2.45, 2.75) is 19.8 Å². The summed E-state index contributed by atoms with van der Waals surface area (Å²) in [4.78, 5) is 34.2. The summed E-state index contributed by atoms with van der Waals surface area (Å²) >= 11 is 0. The van der Waals surface area contributed by atoms with Crippen LogP contribution in [0.1, 0.15) is 18.9 Å². The number of rotatable bonds is 8. The third-order valence-corrected chi connectivity index (χ3v) is 3.65. The number of hydrazone groups is 1. The Morgan fingerprint density at radius 1 is 1.14 bits per heavy atom. The average molecular weight is 384 g/mol. The maximum Gasteiger partial charge on any atom is 0.271 e. The third-order valence-electron chi connectivity index (χ3n) is 3.65. The van der Waals surface area contributed by atoms with Gasteiger partial charge in [0.15, 0.2) is 0 Å². The van der Waals surface area contributed by atoms with Crippen LogP contribution in [0.3, 0.4) is 0 Å². The quantitative estimate of drug-likeness (QED) is 0.411. The smallest absolute Gasteiger partial charge is 0.271 e. The Morgan fingerprint density at radius 3 is 2.50 bits per heavy atom. The third kappa shape index (κ3) is 6.52. The van der Waals surface area contributed by atoms with Crippen molar-refractivity contribution in [3.05, 3.63) is 64.2 Å². The second kappa shape index (κ2) is 9.81. The van der Waals surface area contributed by atoms with Crippen LogP contribution in [0.25, 0.3) is 0 Å². The summed E-state index contributed by atoms with van der Waals surface area (Å²) in [6.45, 7) is 1.60. The summed E-state index contributed by atoms with van der Waals surface area (Å²) < 4.78 is 5.06. The molecule has 9 nitrogen and oxygen atoms in total. The number of ether oxygens (including phenoxy) is 1. The van der Waals surface area contributed by atoms with Gasteiger partial charge in [0, 0.05) is 23.5 Å². The van der Waals surface area contributed by atoms with Gasteiger partial charge in [-0.1, -0.05) is 18.2 Å². The fourth-order valence-electron chi connectivity index (χ4n) is 2.30. The largest absolute Gasteiger partial charge is 0.497 e. The lowest BCUT2D eigenvalue weighted by Gasteiger charge is -2.06. The summed E-state index contributed by atoms with van der Waals surface area (Å²) in [5, 5.41) is 17.2. The minimum Gasteiger partial charge on any atom is -0.497 e. The predicted octanol–water partition coefficient (Wildman–Crippen LogP) is 2.67. The van der Waals surface area contributed by atoms with E-state index in [1.807, 2.05) is 0 Å². The Hall–Kier alpha value is -3.75. The number of nitrogens with one attached hydrogen (secondary N) is 2. The summed E-state index contributed by atoms with van der Waals surface area (Å²) in [6, 6.07) is 12.7. The highest BCUT2D eigenvalue weighted by molar-refractivity contribution is 6.05. The molecule has 0 aliphatic carbocycles. The van der Waals surface area contributed by atoms with E-state index in [-0.39, 0.29) is 24.4 Å². The minimum atomic E-state index is -0.541. The van der Waals surface area contributed by atoms with Crippen molar-refractivity contribution in [1.82, 2.24) is 5.43 Å². The summed E-state index contributed by atoms with van der Waals surface area (Å²) in [5.74, 6) is -0.0115. The molecule has 2 N–H and O–H groups in total. The first-order valence-electron chi connectivity index (χ1n) is 8.36. The normalized spacial score (nSPS) is 10.9. The predicted molar refractivity (Wildman–Crippen MR) is 104 cm³/mol. The fourth-order valence-corrected chi connectivity index (χ4v) is 2.30. The molecule has 0 bridgehead atoms. The van der Waals surface area contributed by atoms with Gasteiger partial charge in [-0.15, -0.1) is 0 Å². The first-order chi connectivity index (χ1) is 13.4. The highest BCUT2D eigenvalue weighted by Crippen LogP contribution is 2.17. The first-order valence-corrected chi connectivity index (χ1v) is 8.36. The molecule has 9 heteroatoms. The number of amides is 2. The number of carbonyl (C=O) groups is 2. The number of non-ortho nitro benzene ring substituents is 1. The van der Waals surface area contributed by atoms with Gasteiger partial charge in [-0.25, -0.2) is 5.43 Å². The Labute approximate surface area is 161 Å². The fraction of sp³-hybridized carbons (Fsp3) is 0.211. The molecule has 0 radical (unpaired) electrons. The molecule has 2 aromatic rings. The van der Waals surface area contributed by atoms with Crippen molar-refractivity contribution in [2.24, 2.45) is 5.10 Å². The average Bonchev–Trinajstić information content (AvgIpc) is 2.67. The Balaban J connectivity index is 1.83. The topological polar surface area (TPSA) is 123 Å². The molecular weight excluding hydrogens is 364 g/mol. The summed E-state index contributed by atoms with van der Waals surface area (Å²) in [6.07, 6.45) is 0.0756. The van der Waals surface area contributed by atoms with Crippen molar-refractivity contribution in [2.75, 3.05) is 12.4 Å². The molecule has 0 saturated heterocycles. The zero-order valence-corrected chi connectivity index (χ0v) is 15.5. The van der Waals surface area contributed by atoms with Crippen molar-refractivity contribution >= 4 is 28.9 Å².